The third-order valence-corrected chi connectivity index (χ3v) is 4.86. The van der Waals surface area contributed by atoms with Crippen LogP contribution in [0.25, 0.3) is 0 Å². The van der Waals surface area contributed by atoms with E-state index in [9.17, 15) is 0 Å². The molecular weight excluding hydrogens is 234 g/mol. The second-order valence-electron chi connectivity index (χ2n) is 6.27. The summed E-state index contributed by atoms with van der Waals surface area (Å²) in [5, 5.41) is 0. The number of unbranched alkanes of at least 4 members (excludes halogenated alkanes) is 6. The van der Waals surface area contributed by atoms with Gasteiger partial charge >= 0.3 is 0 Å². The summed E-state index contributed by atoms with van der Waals surface area (Å²) in [5.41, 5.74) is 0. The molecule has 0 saturated heterocycles. The van der Waals surface area contributed by atoms with E-state index in [0.717, 1.165) is 0 Å². The normalized spacial score (nSPS) is 12.2. The molecule has 18 heavy (non-hydrogen) atoms. The molecule has 0 aromatic heterocycles. The Bertz CT molecular complexity index is 158. The molecule has 0 amide bonds. The van der Waals surface area contributed by atoms with Crippen LogP contribution in [0.2, 0.25) is 6.04 Å². The first-order valence-electron chi connectivity index (χ1n) is 8.52. The summed E-state index contributed by atoms with van der Waals surface area (Å²) >= 11 is 0. The van der Waals surface area contributed by atoms with Gasteiger partial charge in [0.25, 0.3) is 0 Å². The summed E-state index contributed by atoms with van der Waals surface area (Å²) in [6, 6.07) is 1.48. The SMILES string of the molecule is CCCCCC[N+](C)(CCC[SiH3])CCCCCC. The van der Waals surface area contributed by atoms with Gasteiger partial charge in [-0.2, -0.15) is 0 Å². The van der Waals surface area contributed by atoms with E-state index in [-0.39, 0.29) is 0 Å². The average molecular weight is 273 g/mol. The number of hydrogen-bond acceptors (Lipinski definition) is 0. The van der Waals surface area contributed by atoms with Crippen molar-refractivity contribution in [2.24, 2.45) is 0 Å². The Morgan fingerprint density at radius 2 is 1.11 bits per heavy atom. The van der Waals surface area contributed by atoms with Crippen molar-refractivity contribution in [2.75, 3.05) is 26.7 Å². The van der Waals surface area contributed by atoms with E-state index in [2.05, 4.69) is 20.9 Å². The molecule has 0 fully saturated rings. The average Bonchev–Trinajstić information content (AvgIpc) is 2.38. The molecule has 110 valence electrons. The van der Waals surface area contributed by atoms with Crippen molar-refractivity contribution in [2.45, 2.75) is 77.7 Å². The van der Waals surface area contributed by atoms with Crippen LogP contribution in [0.4, 0.5) is 0 Å². The van der Waals surface area contributed by atoms with Crippen molar-refractivity contribution in [1.82, 2.24) is 0 Å². The molecule has 0 aliphatic heterocycles. The Balaban J connectivity index is 3.90. The fraction of sp³-hybridized carbons (Fsp3) is 1.00. The van der Waals surface area contributed by atoms with Gasteiger partial charge in [0.2, 0.25) is 0 Å². The van der Waals surface area contributed by atoms with Crippen molar-refractivity contribution >= 4 is 10.2 Å². The Morgan fingerprint density at radius 3 is 1.50 bits per heavy atom. The fourth-order valence-electron chi connectivity index (χ4n) is 2.72. The summed E-state index contributed by atoms with van der Waals surface area (Å²) in [5.74, 6) is 0. The lowest BCUT2D eigenvalue weighted by molar-refractivity contribution is -0.910. The minimum atomic E-state index is 1.36. The Labute approximate surface area is 119 Å². The lowest BCUT2D eigenvalue weighted by atomic mass is 10.1. The second kappa shape index (κ2) is 12.2. The lowest BCUT2D eigenvalue weighted by Gasteiger charge is -2.35. The molecule has 0 aliphatic rings. The lowest BCUT2D eigenvalue weighted by Crippen LogP contribution is -2.46. The largest absolute Gasteiger partial charge is 0.326 e. The van der Waals surface area contributed by atoms with Gasteiger partial charge in [0.1, 0.15) is 0 Å². The summed E-state index contributed by atoms with van der Waals surface area (Å²) < 4.78 is 1.36. The van der Waals surface area contributed by atoms with Crippen LogP contribution in [0.1, 0.15) is 71.6 Å². The first kappa shape index (κ1) is 18.2. The van der Waals surface area contributed by atoms with Gasteiger partial charge in [-0.25, -0.2) is 0 Å². The summed E-state index contributed by atoms with van der Waals surface area (Å²) in [6.45, 7) is 8.89. The highest BCUT2D eigenvalue weighted by molar-refractivity contribution is 6.08. The summed E-state index contributed by atoms with van der Waals surface area (Å²) in [6.07, 6.45) is 12.8. The maximum Gasteiger partial charge on any atom is 0.0784 e. The van der Waals surface area contributed by atoms with Crippen molar-refractivity contribution in [3.63, 3.8) is 0 Å². The maximum atomic E-state index is 2.51. The quantitative estimate of drug-likeness (QED) is 0.272. The van der Waals surface area contributed by atoms with Gasteiger partial charge in [0.15, 0.2) is 0 Å². The van der Waals surface area contributed by atoms with Crippen LogP contribution in [0.15, 0.2) is 0 Å². The summed E-state index contributed by atoms with van der Waals surface area (Å²) in [4.78, 5) is 0. The Morgan fingerprint density at radius 1 is 0.667 bits per heavy atom. The number of rotatable bonds is 13. The molecule has 0 atom stereocenters. The molecule has 1 nitrogen and oxygen atoms in total. The van der Waals surface area contributed by atoms with Gasteiger partial charge in [-0.05, 0) is 32.1 Å². The van der Waals surface area contributed by atoms with Gasteiger partial charge in [-0.3, -0.25) is 0 Å². The van der Waals surface area contributed by atoms with E-state index in [0.29, 0.717) is 0 Å². The predicted molar refractivity (Wildman–Crippen MR) is 88.4 cm³/mol. The Kier molecular flexibility index (Phi) is 12.3. The highest BCUT2D eigenvalue weighted by Crippen LogP contribution is 2.13. The maximum absolute atomic E-state index is 2.51. The van der Waals surface area contributed by atoms with Gasteiger partial charge in [-0.1, -0.05) is 45.6 Å². The molecule has 0 aliphatic carbocycles. The van der Waals surface area contributed by atoms with Crippen molar-refractivity contribution in [3.05, 3.63) is 0 Å². The zero-order valence-corrected chi connectivity index (χ0v) is 15.6. The molecule has 0 N–H and O–H groups in total. The fourth-order valence-corrected chi connectivity index (χ4v) is 3.03. The van der Waals surface area contributed by atoms with Crippen LogP contribution in [0, 0.1) is 0 Å². The van der Waals surface area contributed by atoms with E-state index in [4.69, 9.17) is 0 Å². The number of nitrogens with zero attached hydrogens (tertiary/aromatic N) is 1. The predicted octanol–water partition coefficient (Wildman–Crippen LogP) is 3.77. The van der Waals surface area contributed by atoms with Crippen molar-refractivity contribution in [1.29, 1.82) is 0 Å². The van der Waals surface area contributed by atoms with Crippen LogP contribution in [-0.4, -0.2) is 41.4 Å². The van der Waals surface area contributed by atoms with Gasteiger partial charge in [0, 0.05) is 10.2 Å². The smallest absolute Gasteiger partial charge is 0.0784 e. The number of hydrogen-bond donors (Lipinski definition) is 0. The van der Waals surface area contributed by atoms with Crippen LogP contribution < -0.4 is 0 Å². The van der Waals surface area contributed by atoms with Gasteiger partial charge < -0.3 is 4.48 Å². The Hall–Kier alpha value is 0.177. The van der Waals surface area contributed by atoms with E-state index >= 15 is 0 Å². The van der Waals surface area contributed by atoms with Crippen LogP contribution in [0.3, 0.4) is 0 Å². The third-order valence-electron chi connectivity index (χ3n) is 4.15. The molecule has 0 rings (SSSR count). The third kappa shape index (κ3) is 10.1. The minimum Gasteiger partial charge on any atom is -0.326 e. The molecule has 0 saturated carbocycles. The first-order valence-corrected chi connectivity index (χ1v) is 9.93. The molecular formula is C16H38NSi+. The van der Waals surface area contributed by atoms with Crippen LogP contribution >= 0.6 is 0 Å². The molecule has 0 heterocycles. The second-order valence-corrected chi connectivity index (χ2v) is 7.27. The molecule has 0 spiro atoms. The van der Waals surface area contributed by atoms with E-state index in [1.54, 1.807) is 0 Å². The molecule has 0 unspecified atom stereocenters. The van der Waals surface area contributed by atoms with Crippen molar-refractivity contribution < 1.29 is 4.48 Å². The van der Waals surface area contributed by atoms with Gasteiger partial charge in [0.05, 0.1) is 26.7 Å². The highest BCUT2D eigenvalue weighted by Gasteiger charge is 2.19. The highest BCUT2D eigenvalue weighted by atomic mass is 28.1. The van der Waals surface area contributed by atoms with E-state index in [1.165, 1.54) is 98.2 Å². The van der Waals surface area contributed by atoms with Gasteiger partial charge in [-0.15, -0.1) is 0 Å². The zero-order valence-electron chi connectivity index (χ0n) is 13.6. The molecule has 0 aromatic carbocycles. The topological polar surface area (TPSA) is 0 Å². The molecule has 2 heteroatoms. The molecule has 0 radical (unpaired) electrons. The van der Waals surface area contributed by atoms with Crippen molar-refractivity contribution in [3.8, 4) is 0 Å². The standard InChI is InChI=1S/C16H38NSi/c1-4-6-8-10-13-17(3,15-12-16-18)14-11-9-7-5-2/h4-16H2,1-3,18H3/q+1. The zero-order chi connectivity index (χ0) is 13.7. The van der Waals surface area contributed by atoms with E-state index < -0.39 is 0 Å². The molecule has 0 bridgehead atoms. The first-order chi connectivity index (χ1) is 8.68. The minimum absolute atomic E-state index is 1.36. The van der Waals surface area contributed by atoms with E-state index in [1.807, 2.05) is 0 Å². The monoisotopic (exact) mass is 272 g/mol. The van der Waals surface area contributed by atoms with Crippen LogP contribution in [0.5, 0.6) is 0 Å². The van der Waals surface area contributed by atoms with Crippen LogP contribution in [-0.2, 0) is 0 Å². The summed E-state index contributed by atoms with van der Waals surface area (Å²) in [7, 11) is 3.89. The number of quaternary nitrogens is 1. The molecule has 0 aromatic rings.